The first-order chi connectivity index (χ1) is 10.2. The van der Waals surface area contributed by atoms with E-state index in [1.54, 1.807) is 17.8 Å². The summed E-state index contributed by atoms with van der Waals surface area (Å²) in [7, 11) is 0. The van der Waals surface area contributed by atoms with Crippen LogP contribution in [0.1, 0.15) is 36.8 Å². The monoisotopic (exact) mass is 298 g/mol. The van der Waals surface area contributed by atoms with E-state index >= 15 is 0 Å². The Labute approximate surface area is 127 Å². The van der Waals surface area contributed by atoms with Crippen LogP contribution in [0, 0.1) is 5.82 Å². The Morgan fingerprint density at radius 1 is 0.952 bits per heavy atom. The van der Waals surface area contributed by atoms with Gasteiger partial charge in [-0.2, -0.15) is 0 Å². The Hall–Kier alpha value is -1.61. The van der Waals surface area contributed by atoms with Crippen molar-refractivity contribution < 1.29 is 9.18 Å². The van der Waals surface area contributed by atoms with Gasteiger partial charge in [0.1, 0.15) is 11.6 Å². The van der Waals surface area contributed by atoms with Crippen molar-refractivity contribution in [3.63, 3.8) is 0 Å². The molecule has 1 aliphatic carbocycles. The Kier molecular flexibility index (Phi) is 2.93. The fraction of sp³-hybridized carbons (Fsp3) is 0.278. The highest BCUT2D eigenvalue weighted by molar-refractivity contribution is 7.99. The molecule has 2 aliphatic rings. The number of hydrogen-bond acceptors (Lipinski definition) is 2. The number of fused-ring (bicyclic) bond motifs is 4. The molecule has 0 aromatic heterocycles. The fourth-order valence-electron chi connectivity index (χ4n) is 3.67. The molecule has 1 spiro atoms. The first-order valence-corrected chi connectivity index (χ1v) is 8.10. The standard InChI is InChI=1S/C18H15FOS/c19-12-5-6-17-15(11-12)18(9-7-13(20)8-10-18)14-3-1-2-4-16(14)21-17/h1-6,11H,7-10H2. The molecule has 21 heavy (non-hydrogen) atoms. The molecule has 0 N–H and O–H groups in total. The van der Waals surface area contributed by atoms with Gasteiger partial charge in [0, 0.05) is 28.0 Å². The van der Waals surface area contributed by atoms with Gasteiger partial charge in [0.15, 0.2) is 0 Å². The molecule has 1 fully saturated rings. The van der Waals surface area contributed by atoms with E-state index in [1.807, 2.05) is 18.2 Å². The van der Waals surface area contributed by atoms with Crippen LogP contribution in [-0.4, -0.2) is 5.78 Å². The summed E-state index contributed by atoms with van der Waals surface area (Å²) in [5.74, 6) is 0.138. The second-order valence-corrected chi connectivity index (χ2v) is 6.94. The average molecular weight is 298 g/mol. The molecule has 0 atom stereocenters. The molecule has 1 aliphatic heterocycles. The molecule has 3 heteroatoms. The molecule has 1 saturated carbocycles. The molecule has 106 valence electrons. The van der Waals surface area contributed by atoms with E-state index in [4.69, 9.17) is 0 Å². The molecular weight excluding hydrogens is 283 g/mol. The topological polar surface area (TPSA) is 17.1 Å². The summed E-state index contributed by atoms with van der Waals surface area (Å²) in [6, 6.07) is 13.4. The maximum Gasteiger partial charge on any atom is 0.133 e. The van der Waals surface area contributed by atoms with Crippen LogP contribution in [0.5, 0.6) is 0 Å². The summed E-state index contributed by atoms with van der Waals surface area (Å²) in [4.78, 5) is 14.1. The van der Waals surface area contributed by atoms with Gasteiger partial charge in [-0.25, -0.2) is 4.39 Å². The normalized spacial score (nSPS) is 19.2. The highest BCUT2D eigenvalue weighted by Crippen LogP contribution is 2.54. The van der Waals surface area contributed by atoms with Gasteiger partial charge in [0.25, 0.3) is 0 Å². The first kappa shape index (κ1) is 13.1. The molecule has 0 bridgehead atoms. The zero-order valence-corrected chi connectivity index (χ0v) is 12.4. The van der Waals surface area contributed by atoms with Crippen LogP contribution < -0.4 is 0 Å². The third-order valence-electron chi connectivity index (χ3n) is 4.74. The lowest BCUT2D eigenvalue weighted by molar-refractivity contribution is -0.121. The number of hydrogen-bond donors (Lipinski definition) is 0. The van der Waals surface area contributed by atoms with Gasteiger partial charge in [-0.15, -0.1) is 0 Å². The Bertz CT molecular complexity index is 728. The molecule has 0 radical (unpaired) electrons. The van der Waals surface area contributed by atoms with E-state index in [9.17, 15) is 9.18 Å². The molecule has 1 nitrogen and oxygen atoms in total. The lowest BCUT2D eigenvalue weighted by Gasteiger charge is -2.42. The molecule has 0 unspecified atom stereocenters. The van der Waals surface area contributed by atoms with Crippen molar-refractivity contribution >= 4 is 17.5 Å². The SMILES string of the molecule is O=C1CCC2(CC1)c1ccccc1Sc1ccc(F)cc12. The Balaban J connectivity index is 1.96. The summed E-state index contributed by atoms with van der Waals surface area (Å²) in [6.45, 7) is 0. The number of halogens is 1. The van der Waals surface area contributed by atoms with Gasteiger partial charge in [-0.05, 0) is 48.2 Å². The number of benzene rings is 2. The van der Waals surface area contributed by atoms with Crippen LogP contribution >= 0.6 is 11.8 Å². The van der Waals surface area contributed by atoms with Gasteiger partial charge in [0.05, 0.1) is 0 Å². The Morgan fingerprint density at radius 2 is 1.67 bits per heavy atom. The van der Waals surface area contributed by atoms with E-state index in [-0.39, 0.29) is 11.2 Å². The molecular formula is C18H15FOS. The van der Waals surface area contributed by atoms with Crippen molar-refractivity contribution in [2.45, 2.75) is 40.9 Å². The number of rotatable bonds is 0. The Morgan fingerprint density at radius 3 is 2.48 bits per heavy atom. The number of ketones is 1. The predicted molar refractivity (Wildman–Crippen MR) is 81.2 cm³/mol. The number of Topliss-reactive ketones (excluding diaryl/α,β-unsaturated/α-hetero) is 1. The summed E-state index contributed by atoms with van der Waals surface area (Å²) in [5.41, 5.74) is 2.15. The van der Waals surface area contributed by atoms with Crippen molar-refractivity contribution in [1.29, 1.82) is 0 Å². The third-order valence-corrected chi connectivity index (χ3v) is 5.89. The number of carbonyl (C=O) groups excluding carboxylic acids is 1. The minimum absolute atomic E-state index is 0.187. The highest BCUT2D eigenvalue weighted by Gasteiger charge is 2.43. The minimum Gasteiger partial charge on any atom is -0.300 e. The number of carbonyl (C=O) groups is 1. The largest absolute Gasteiger partial charge is 0.300 e. The maximum atomic E-state index is 13.8. The van der Waals surface area contributed by atoms with Crippen molar-refractivity contribution in [1.82, 2.24) is 0 Å². The summed E-state index contributed by atoms with van der Waals surface area (Å²) >= 11 is 1.71. The van der Waals surface area contributed by atoms with Gasteiger partial charge >= 0.3 is 0 Å². The van der Waals surface area contributed by atoms with E-state index in [0.717, 1.165) is 23.3 Å². The maximum absolute atomic E-state index is 13.8. The zero-order valence-electron chi connectivity index (χ0n) is 11.6. The summed E-state index contributed by atoms with van der Waals surface area (Å²) in [5, 5.41) is 0. The van der Waals surface area contributed by atoms with Crippen molar-refractivity contribution in [3.8, 4) is 0 Å². The van der Waals surface area contributed by atoms with E-state index in [1.165, 1.54) is 16.5 Å². The van der Waals surface area contributed by atoms with E-state index in [2.05, 4.69) is 12.1 Å². The molecule has 2 aromatic carbocycles. The lowest BCUT2D eigenvalue weighted by Crippen LogP contribution is -2.35. The lowest BCUT2D eigenvalue weighted by atomic mass is 9.65. The highest BCUT2D eigenvalue weighted by atomic mass is 32.2. The van der Waals surface area contributed by atoms with Gasteiger partial charge in [0.2, 0.25) is 0 Å². The third kappa shape index (κ3) is 1.95. The van der Waals surface area contributed by atoms with Crippen LogP contribution in [0.4, 0.5) is 4.39 Å². The van der Waals surface area contributed by atoms with Crippen LogP contribution in [0.25, 0.3) is 0 Å². The summed E-state index contributed by atoms with van der Waals surface area (Å²) < 4.78 is 13.8. The van der Waals surface area contributed by atoms with Crippen molar-refractivity contribution in [2.75, 3.05) is 0 Å². The van der Waals surface area contributed by atoms with Crippen LogP contribution in [0.2, 0.25) is 0 Å². The second-order valence-electron chi connectivity index (χ2n) is 5.86. The second kappa shape index (κ2) is 4.70. The summed E-state index contributed by atoms with van der Waals surface area (Å²) in [6.07, 6.45) is 2.77. The van der Waals surface area contributed by atoms with E-state index < -0.39 is 0 Å². The first-order valence-electron chi connectivity index (χ1n) is 7.28. The van der Waals surface area contributed by atoms with Crippen molar-refractivity contribution in [2.24, 2.45) is 0 Å². The van der Waals surface area contributed by atoms with Gasteiger partial charge in [-0.1, -0.05) is 30.0 Å². The minimum atomic E-state index is -0.190. The average Bonchev–Trinajstić information content (AvgIpc) is 2.51. The fourth-order valence-corrected chi connectivity index (χ4v) is 4.93. The molecule has 0 amide bonds. The molecule has 4 rings (SSSR count). The van der Waals surface area contributed by atoms with Crippen LogP contribution in [0.15, 0.2) is 52.3 Å². The van der Waals surface area contributed by atoms with Gasteiger partial charge in [-0.3, -0.25) is 4.79 Å². The van der Waals surface area contributed by atoms with E-state index in [0.29, 0.717) is 18.6 Å². The molecule has 2 aromatic rings. The van der Waals surface area contributed by atoms with Crippen molar-refractivity contribution in [3.05, 3.63) is 59.4 Å². The molecule has 0 saturated heterocycles. The van der Waals surface area contributed by atoms with Gasteiger partial charge < -0.3 is 0 Å². The predicted octanol–water partition coefficient (Wildman–Crippen LogP) is 4.72. The quantitative estimate of drug-likeness (QED) is 0.700. The smallest absolute Gasteiger partial charge is 0.133 e. The van der Waals surface area contributed by atoms with Crippen LogP contribution in [-0.2, 0) is 10.2 Å². The molecule has 1 heterocycles. The zero-order chi connectivity index (χ0) is 14.4. The van der Waals surface area contributed by atoms with Crippen LogP contribution in [0.3, 0.4) is 0 Å².